The quantitative estimate of drug-likeness (QED) is 0.496. The Hall–Kier alpha value is 0.772. The topological polar surface area (TPSA) is 0 Å². The third-order valence-corrected chi connectivity index (χ3v) is 1.49. The van der Waals surface area contributed by atoms with Crippen molar-refractivity contribution in [2.24, 2.45) is 0 Å². The van der Waals surface area contributed by atoms with Gasteiger partial charge in [0.15, 0.2) is 0 Å². The van der Waals surface area contributed by atoms with Gasteiger partial charge in [-0.3, -0.25) is 0 Å². The first-order valence-electron chi connectivity index (χ1n) is 3.36. The van der Waals surface area contributed by atoms with Crippen molar-refractivity contribution in [1.29, 1.82) is 0 Å². The van der Waals surface area contributed by atoms with Crippen molar-refractivity contribution in [2.45, 2.75) is 38.0 Å². The van der Waals surface area contributed by atoms with Crippen molar-refractivity contribution in [3.05, 3.63) is 6.92 Å². The van der Waals surface area contributed by atoms with Gasteiger partial charge in [-0.05, 0) is 13.3 Å². The fourth-order valence-electron chi connectivity index (χ4n) is 0.599. The maximum atomic E-state index is 12.6. The van der Waals surface area contributed by atoms with Crippen molar-refractivity contribution in [3.8, 4) is 0 Å². The van der Waals surface area contributed by atoms with E-state index in [0.717, 1.165) is 0 Å². The number of unbranched alkanes of at least 4 members (excludes halogenated alkanes) is 1. The predicted molar refractivity (Wildman–Crippen MR) is 34.8 cm³/mol. The number of rotatable bonds is 3. The molecule has 0 rings (SSSR count). The first kappa shape index (κ1) is 15.3. The molecular weight excluding hydrogens is 398 g/mol. The predicted octanol–water partition coefficient (Wildman–Crippen LogP) is 3.28. The summed E-state index contributed by atoms with van der Waals surface area (Å²) in [6.07, 6.45) is -4.76. The SMILES string of the molecule is [CH2-]CCCC(C)(F)C(F)(F)F.[U]. The van der Waals surface area contributed by atoms with E-state index < -0.39 is 18.3 Å². The van der Waals surface area contributed by atoms with Gasteiger partial charge in [0.1, 0.15) is 0 Å². The van der Waals surface area contributed by atoms with E-state index in [1.807, 2.05) is 0 Å². The molecule has 1 atom stereocenters. The summed E-state index contributed by atoms with van der Waals surface area (Å²) in [6.45, 7) is 3.89. The van der Waals surface area contributed by atoms with E-state index in [1.54, 1.807) is 0 Å². The molecule has 0 aliphatic rings. The van der Waals surface area contributed by atoms with Crippen LogP contribution in [-0.2, 0) is 0 Å². The van der Waals surface area contributed by atoms with E-state index in [9.17, 15) is 17.6 Å². The Labute approximate surface area is 93.5 Å². The van der Waals surface area contributed by atoms with Crippen LogP contribution in [0.1, 0.15) is 26.2 Å². The molecule has 1 unspecified atom stereocenters. The molecule has 0 N–H and O–H groups in total. The van der Waals surface area contributed by atoms with Crippen molar-refractivity contribution >= 4 is 0 Å². The normalized spacial score (nSPS) is 16.5. The summed E-state index contributed by atoms with van der Waals surface area (Å²) >= 11 is 0. The summed E-state index contributed by atoms with van der Waals surface area (Å²) < 4.78 is 47.9. The average molecular weight is 409 g/mol. The molecule has 0 fully saturated rings. The Kier molecular flexibility index (Phi) is 6.98. The molecule has 0 saturated carbocycles. The van der Waals surface area contributed by atoms with Gasteiger partial charge < -0.3 is 6.92 Å². The molecule has 0 amide bonds. The van der Waals surface area contributed by atoms with Gasteiger partial charge in [0.2, 0.25) is 5.67 Å². The molecule has 72 valence electrons. The third-order valence-electron chi connectivity index (χ3n) is 1.49. The molecule has 0 aromatic rings. The molecule has 0 bridgehead atoms. The molecule has 0 aromatic heterocycles. The second kappa shape index (κ2) is 5.49. The van der Waals surface area contributed by atoms with Crippen LogP contribution in [0.15, 0.2) is 0 Å². The van der Waals surface area contributed by atoms with Crippen LogP contribution >= 0.6 is 0 Å². The van der Waals surface area contributed by atoms with Crippen molar-refractivity contribution in [2.75, 3.05) is 0 Å². The largest absolute Gasteiger partial charge is 0.422 e. The average Bonchev–Trinajstić information content (AvgIpc) is 1.81. The van der Waals surface area contributed by atoms with Gasteiger partial charge >= 0.3 is 6.18 Å². The van der Waals surface area contributed by atoms with Gasteiger partial charge in [0, 0.05) is 31.1 Å². The van der Waals surface area contributed by atoms with Gasteiger partial charge in [-0.2, -0.15) is 19.6 Å². The van der Waals surface area contributed by atoms with Gasteiger partial charge in [-0.1, -0.05) is 6.42 Å². The Morgan fingerprint density at radius 1 is 1.17 bits per heavy atom. The molecule has 5 heteroatoms. The van der Waals surface area contributed by atoms with Crippen molar-refractivity contribution in [1.82, 2.24) is 0 Å². The zero-order chi connectivity index (χ0) is 9.12. The summed E-state index contributed by atoms with van der Waals surface area (Å²) in [5.74, 6) is 0. The number of halogens is 4. The number of hydrogen-bond donors (Lipinski definition) is 0. The fraction of sp³-hybridized carbons (Fsp3) is 0.857. The maximum absolute atomic E-state index is 12.6. The molecule has 0 nitrogen and oxygen atoms in total. The smallest absolute Gasteiger partial charge is 0.343 e. The minimum absolute atomic E-state index is 0. The Bertz CT molecular complexity index is 119. The standard InChI is InChI=1S/C7H11F4.U/c1-3-4-5-6(2,8)7(9,10)11;/h1,3-5H2,2H3;/q-1;. The zero-order valence-electron chi connectivity index (χ0n) is 6.84. The van der Waals surface area contributed by atoms with Crippen LogP contribution in [0.5, 0.6) is 0 Å². The molecule has 0 heterocycles. The third kappa shape index (κ3) is 4.71. The van der Waals surface area contributed by atoms with Gasteiger partial charge in [0.25, 0.3) is 0 Å². The monoisotopic (exact) mass is 409 g/mol. The Balaban J connectivity index is 0. The van der Waals surface area contributed by atoms with Gasteiger partial charge in [0.05, 0.1) is 0 Å². The fourth-order valence-corrected chi connectivity index (χ4v) is 0.599. The molecule has 0 aromatic carbocycles. The second-order valence-electron chi connectivity index (χ2n) is 2.65. The number of alkyl halides is 4. The molecule has 0 spiro atoms. The van der Waals surface area contributed by atoms with Crippen LogP contribution in [0.2, 0.25) is 0 Å². The van der Waals surface area contributed by atoms with E-state index in [0.29, 0.717) is 13.3 Å². The van der Waals surface area contributed by atoms with E-state index in [-0.39, 0.29) is 37.5 Å². The van der Waals surface area contributed by atoms with Crippen LogP contribution in [0.3, 0.4) is 0 Å². The van der Waals surface area contributed by atoms with Crippen LogP contribution in [0.4, 0.5) is 17.6 Å². The van der Waals surface area contributed by atoms with Crippen LogP contribution in [-0.4, -0.2) is 11.8 Å². The van der Waals surface area contributed by atoms with E-state index in [1.165, 1.54) is 0 Å². The van der Waals surface area contributed by atoms with E-state index in [4.69, 9.17) is 0 Å². The first-order valence-corrected chi connectivity index (χ1v) is 3.36. The molecule has 0 aliphatic carbocycles. The summed E-state index contributed by atoms with van der Waals surface area (Å²) in [4.78, 5) is 0. The minimum Gasteiger partial charge on any atom is -0.343 e. The van der Waals surface area contributed by atoms with Gasteiger partial charge in [-0.15, -0.1) is 0 Å². The molecular formula is C7H11F4U-. The van der Waals surface area contributed by atoms with E-state index in [2.05, 4.69) is 6.92 Å². The number of hydrogen-bond acceptors (Lipinski definition) is 0. The molecule has 0 saturated heterocycles. The van der Waals surface area contributed by atoms with Gasteiger partial charge in [-0.25, -0.2) is 4.39 Å². The first-order chi connectivity index (χ1) is 4.81. The van der Waals surface area contributed by atoms with Crippen LogP contribution < -0.4 is 0 Å². The Morgan fingerprint density at radius 3 is 1.83 bits per heavy atom. The summed E-state index contributed by atoms with van der Waals surface area (Å²) in [7, 11) is 0. The minimum atomic E-state index is -4.75. The van der Waals surface area contributed by atoms with Crippen LogP contribution in [0, 0.1) is 38.0 Å². The molecule has 0 radical (unpaired) electrons. The second-order valence-corrected chi connectivity index (χ2v) is 2.65. The van der Waals surface area contributed by atoms with Crippen molar-refractivity contribution < 1.29 is 48.7 Å². The maximum Gasteiger partial charge on any atom is 0.422 e. The zero-order valence-corrected chi connectivity index (χ0v) is 11.0. The molecule has 12 heavy (non-hydrogen) atoms. The Morgan fingerprint density at radius 2 is 1.58 bits per heavy atom. The van der Waals surface area contributed by atoms with Crippen LogP contribution in [0.25, 0.3) is 0 Å². The summed E-state index contributed by atoms with van der Waals surface area (Å²) in [5, 5.41) is 0. The van der Waals surface area contributed by atoms with E-state index >= 15 is 0 Å². The summed E-state index contributed by atoms with van der Waals surface area (Å²) in [6, 6.07) is 0. The molecule has 0 aliphatic heterocycles. The summed E-state index contributed by atoms with van der Waals surface area (Å²) in [5.41, 5.74) is -3.05. The van der Waals surface area contributed by atoms with Crippen molar-refractivity contribution in [3.63, 3.8) is 0 Å².